The predicted octanol–water partition coefficient (Wildman–Crippen LogP) is 5.44. The van der Waals surface area contributed by atoms with Crippen LogP contribution in [-0.2, 0) is 23.7 Å². The Morgan fingerprint density at radius 2 is 1.82 bits per heavy atom. The molecule has 2 aliphatic heterocycles. The van der Waals surface area contributed by atoms with E-state index >= 15 is 0 Å². The lowest BCUT2D eigenvalue weighted by molar-refractivity contribution is -0.275. The van der Waals surface area contributed by atoms with Crippen LogP contribution < -0.4 is 0 Å². The average Bonchev–Trinajstić information content (AvgIpc) is 3.34. The van der Waals surface area contributed by atoms with Crippen LogP contribution in [0.25, 0.3) is 0 Å². The lowest BCUT2D eigenvalue weighted by Crippen LogP contribution is -2.41. The first-order chi connectivity index (χ1) is 16.1. The molecular formula is C27H38O6. The molecule has 6 nitrogen and oxygen atoms in total. The SMILES string of the molecule is CCCCCCCC1(CC[C@H]2C(OC(=O)c3ccccc3)C[C@@H]3OC(=O)CC23)OCCCO1. The number of rotatable bonds is 11. The number of ether oxygens (including phenoxy) is 4. The van der Waals surface area contributed by atoms with Gasteiger partial charge in [0.2, 0.25) is 0 Å². The number of carbonyl (C=O) groups excluding carboxylic acids is 2. The maximum atomic E-state index is 12.7. The summed E-state index contributed by atoms with van der Waals surface area (Å²) in [7, 11) is 0. The molecular weight excluding hydrogens is 420 g/mol. The number of benzene rings is 1. The second kappa shape index (κ2) is 11.5. The van der Waals surface area contributed by atoms with E-state index in [1.165, 1.54) is 25.7 Å². The van der Waals surface area contributed by atoms with Crippen LogP contribution in [0, 0.1) is 11.8 Å². The van der Waals surface area contributed by atoms with Gasteiger partial charge in [-0.05, 0) is 31.4 Å². The van der Waals surface area contributed by atoms with Crippen LogP contribution in [0.1, 0.15) is 87.9 Å². The van der Waals surface area contributed by atoms with Crippen LogP contribution >= 0.6 is 0 Å². The molecule has 2 unspecified atom stereocenters. The Kier molecular flexibility index (Phi) is 8.42. The van der Waals surface area contributed by atoms with Crippen molar-refractivity contribution in [1.29, 1.82) is 0 Å². The normalized spacial score (nSPS) is 28.3. The Balaban J connectivity index is 1.40. The molecule has 0 amide bonds. The van der Waals surface area contributed by atoms with Crippen molar-refractivity contribution in [3.8, 4) is 0 Å². The number of carbonyl (C=O) groups is 2. The Morgan fingerprint density at radius 3 is 2.58 bits per heavy atom. The van der Waals surface area contributed by atoms with Gasteiger partial charge in [-0.15, -0.1) is 0 Å². The van der Waals surface area contributed by atoms with E-state index in [1.807, 2.05) is 18.2 Å². The molecule has 1 saturated carbocycles. The molecule has 0 spiro atoms. The summed E-state index contributed by atoms with van der Waals surface area (Å²) in [6, 6.07) is 9.09. The standard InChI is InChI=1S/C27H38O6/c1-2-3-4-5-9-14-27(30-16-10-17-31-27)15-13-21-22-18-25(28)32-24(22)19-23(21)33-26(29)20-11-7-6-8-12-20/h6-8,11-12,21-24H,2-5,9-10,13-19H2,1H3/t21-,22?,23?,24+/m1/s1. The van der Waals surface area contributed by atoms with Gasteiger partial charge < -0.3 is 18.9 Å². The number of hydrogen-bond donors (Lipinski definition) is 0. The minimum absolute atomic E-state index is 0.0696. The molecule has 33 heavy (non-hydrogen) atoms. The van der Waals surface area contributed by atoms with E-state index in [-0.39, 0.29) is 36.0 Å². The number of hydrogen-bond acceptors (Lipinski definition) is 6. The summed E-state index contributed by atoms with van der Waals surface area (Å²) in [5.74, 6) is -0.845. The molecule has 0 radical (unpaired) electrons. The third-order valence-corrected chi connectivity index (χ3v) is 7.46. The van der Waals surface area contributed by atoms with Gasteiger partial charge in [-0.25, -0.2) is 4.79 Å². The molecule has 2 heterocycles. The molecule has 1 aliphatic carbocycles. The zero-order chi connectivity index (χ0) is 23.1. The van der Waals surface area contributed by atoms with E-state index in [1.54, 1.807) is 12.1 Å². The van der Waals surface area contributed by atoms with E-state index in [9.17, 15) is 9.59 Å². The second-order valence-corrected chi connectivity index (χ2v) is 9.77. The van der Waals surface area contributed by atoms with Crippen molar-refractivity contribution in [2.45, 2.75) is 95.5 Å². The van der Waals surface area contributed by atoms with Crippen molar-refractivity contribution < 1.29 is 28.5 Å². The van der Waals surface area contributed by atoms with Gasteiger partial charge >= 0.3 is 11.9 Å². The van der Waals surface area contributed by atoms with Crippen LogP contribution in [0.5, 0.6) is 0 Å². The lowest BCUT2D eigenvalue weighted by Gasteiger charge is -2.39. The summed E-state index contributed by atoms with van der Waals surface area (Å²) < 4.78 is 24.0. The lowest BCUT2D eigenvalue weighted by atomic mass is 9.85. The van der Waals surface area contributed by atoms with Crippen molar-refractivity contribution in [3.63, 3.8) is 0 Å². The van der Waals surface area contributed by atoms with Gasteiger partial charge in [0.15, 0.2) is 5.79 Å². The fraction of sp³-hybridized carbons (Fsp3) is 0.704. The number of unbranched alkanes of at least 4 members (excludes halogenated alkanes) is 4. The topological polar surface area (TPSA) is 71.1 Å². The highest BCUT2D eigenvalue weighted by Crippen LogP contribution is 2.46. The maximum Gasteiger partial charge on any atom is 0.338 e. The minimum atomic E-state index is -0.556. The number of fused-ring (bicyclic) bond motifs is 1. The summed E-state index contributed by atoms with van der Waals surface area (Å²) in [6.45, 7) is 3.67. The second-order valence-electron chi connectivity index (χ2n) is 9.77. The summed E-state index contributed by atoms with van der Waals surface area (Å²) in [6.07, 6.45) is 9.94. The molecule has 1 aromatic carbocycles. The fourth-order valence-electron chi connectivity index (χ4n) is 5.69. The summed E-state index contributed by atoms with van der Waals surface area (Å²) in [5.41, 5.74) is 0.549. The molecule has 1 aromatic rings. The highest BCUT2D eigenvalue weighted by atomic mass is 16.7. The molecule has 4 rings (SSSR count). The van der Waals surface area contributed by atoms with Crippen molar-refractivity contribution in [2.75, 3.05) is 13.2 Å². The van der Waals surface area contributed by atoms with E-state index < -0.39 is 5.79 Å². The summed E-state index contributed by atoms with van der Waals surface area (Å²) >= 11 is 0. The third-order valence-electron chi connectivity index (χ3n) is 7.46. The van der Waals surface area contributed by atoms with E-state index in [2.05, 4.69) is 6.92 Å². The smallest absolute Gasteiger partial charge is 0.338 e. The van der Waals surface area contributed by atoms with E-state index in [0.29, 0.717) is 18.4 Å². The Morgan fingerprint density at radius 1 is 1.06 bits per heavy atom. The third kappa shape index (κ3) is 6.15. The van der Waals surface area contributed by atoms with Gasteiger partial charge in [0.25, 0.3) is 0 Å². The summed E-state index contributed by atoms with van der Waals surface area (Å²) in [5, 5.41) is 0. The van der Waals surface area contributed by atoms with Gasteiger partial charge in [0.05, 0.1) is 25.2 Å². The van der Waals surface area contributed by atoms with Crippen LogP contribution in [0.15, 0.2) is 30.3 Å². The zero-order valence-corrected chi connectivity index (χ0v) is 19.8. The molecule has 182 valence electrons. The molecule has 3 aliphatic rings. The summed E-state index contributed by atoms with van der Waals surface area (Å²) in [4.78, 5) is 24.7. The first-order valence-corrected chi connectivity index (χ1v) is 12.8. The highest BCUT2D eigenvalue weighted by molar-refractivity contribution is 5.89. The van der Waals surface area contributed by atoms with Crippen molar-refractivity contribution >= 4 is 11.9 Å². The van der Waals surface area contributed by atoms with Crippen LogP contribution in [0.4, 0.5) is 0 Å². The first-order valence-electron chi connectivity index (χ1n) is 12.8. The fourth-order valence-corrected chi connectivity index (χ4v) is 5.69. The maximum absolute atomic E-state index is 12.7. The van der Waals surface area contributed by atoms with Crippen LogP contribution in [0.3, 0.4) is 0 Å². The van der Waals surface area contributed by atoms with Gasteiger partial charge in [-0.2, -0.15) is 0 Å². The predicted molar refractivity (Wildman–Crippen MR) is 124 cm³/mol. The highest BCUT2D eigenvalue weighted by Gasteiger charge is 2.52. The Hall–Kier alpha value is -1.92. The molecule has 0 bridgehead atoms. The monoisotopic (exact) mass is 458 g/mol. The Bertz CT molecular complexity index is 772. The Labute approximate surface area is 197 Å². The average molecular weight is 459 g/mol. The van der Waals surface area contributed by atoms with Crippen molar-refractivity contribution in [3.05, 3.63) is 35.9 Å². The van der Waals surface area contributed by atoms with Crippen LogP contribution in [-0.4, -0.2) is 43.1 Å². The van der Waals surface area contributed by atoms with Gasteiger partial charge in [0.1, 0.15) is 12.2 Å². The van der Waals surface area contributed by atoms with Gasteiger partial charge in [0, 0.05) is 31.1 Å². The van der Waals surface area contributed by atoms with Crippen molar-refractivity contribution in [1.82, 2.24) is 0 Å². The van der Waals surface area contributed by atoms with Crippen LogP contribution in [0.2, 0.25) is 0 Å². The molecule has 3 fully saturated rings. The molecule has 6 heteroatoms. The van der Waals surface area contributed by atoms with Crippen molar-refractivity contribution in [2.24, 2.45) is 11.8 Å². The molecule has 0 N–H and O–H groups in total. The largest absolute Gasteiger partial charge is 0.462 e. The quantitative estimate of drug-likeness (QED) is 0.325. The van der Waals surface area contributed by atoms with Gasteiger partial charge in [-0.1, -0.05) is 50.8 Å². The molecule has 0 aromatic heterocycles. The van der Waals surface area contributed by atoms with Gasteiger partial charge in [-0.3, -0.25) is 4.79 Å². The van der Waals surface area contributed by atoms with E-state index in [0.717, 1.165) is 45.3 Å². The molecule has 2 saturated heterocycles. The first kappa shape index (κ1) is 24.2. The van der Waals surface area contributed by atoms with E-state index in [4.69, 9.17) is 18.9 Å². The minimum Gasteiger partial charge on any atom is -0.462 e. The molecule has 4 atom stereocenters. The number of esters is 2. The zero-order valence-electron chi connectivity index (χ0n) is 19.8.